The Bertz CT molecular complexity index is 1280. The van der Waals surface area contributed by atoms with Gasteiger partial charge in [0.25, 0.3) is 0 Å². The van der Waals surface area contributed by atoms with Gasteiger partial charge in [-0.15, -0.1) is 0 Å². The molecule has 9 nitrogen and oxygen atoms in total. The summed E-state index contributed by atoms with van der Waals surface area (Å²) in [6.07, 6.45) is -3.51. The monoisotopic (exact) mass is 534 g/mol. The minimum absolute atomic E-state index is 0.138. The van der Waals surface area contributed by atoms with Crippen LogP contribution in [0.3, 0.4) is 0 Å². The van der Waals surface area contributed by atoms with Crippen LogP contribution in [0.5, 0.6) is 5.88 Å². The Balaban J connectivity index is 1.84. The Morgan fingerprint density at radius 3 is 2.05 bits per heavy atom. The molecule has 1 aliphatic rings. The fourth-order valence-electron chi connectivity index (χ4n) is 4.01. The number of pyridine rings is 1. The third-order valence-electron chi connectivity index (χ3n) is 5.69. The van der Waals surface area contributed by atoms with Gasteiger partial charge >= 0.3 is 24.1 Å². The number of allylic oxidation sites excluding steroid dienone is 2. The number of nitrogens with one attached hydrogen (secondary N) is 1. The van der Waals surface area contributed by atoms with Gasteiger partial charge in [0.2, 0.25) is 5.88 Å². The molecule has 12 heteroatoms. The van der Waals surface area contributed by atoms with Gasteiger partial charge in [0.1, 0.15) is 13.2 Å². The molecule has 1 atom stereocenters. The Kier molecular flexibility index (Phi) is 8.76. The zero-order chi connectivity index (χ0) is 28.0. The predicted octanol–water partition coefficient (Wildman–Crippen LogP) is 3.92. The first-order valence-corrected chi connectivity index (χ1v) is 11.3. The number of carbonyl (C=O) groups excluding carboxylic acids is 3. The summed E-state index contributed by atoms with van der Waals surface area (Å²) in [5.41, 5.74) is -1.14. The molecule has 1 N–H and O–H groups in total. The smallest absolute Gasteiger partial charge is 0.416 e. The number of halogens is 3. The molecule has 202 valence electrons. The van der Waals surface area contributed by atoms with Crippen LogP contribution in [0.4, 0.5) is 13.2 Å². The molecule has 0 spiro atoms. The summed E-state index contributed by atoms with van der Waals surface area (Å²) >= 11 is 0. The lowest BCUT2D eigenvalue weighted by Crippen LogP contribution is -2.33. The van der Waals surface area contributed by atoms with Gasteiger partial charge in [0.15, 0.2) is 0 Å². The standard InChI is InChI=1S/C26H25F3N2O7/c1-14-20(24(33)36-4)22(17-7-5-6-8-18(17)26(27,28)29)21(15(2)31-14)25(34)38-12-11-37-23(32)16-9-10-19(35-3)30-13-16/h5-10,13,22,31H,11-12H2,1-4H3. The Morgan fingerprint density at radius 2 is 1.50 bits per heavy atom. The van der Waals surface area contributed by atoms with Crippen molar-refractivity contribution in [2.75, 3.05) is 27.4 Å². The van der Waals surface area contributed by atoms with Crippen molar-refractivity contribution >= 4 is 17.9 Å². The zero-order valence-corrected chi connectivity index (χ0v) is 21.0. The third-order valence-corrected chi connectivity index (χ3v) is 5.69. The number of benzene rings is 1. The molecule has 0 amide bonds. The third kappa shape index (κ3) is 6.13. The number of methoxy groups -OCH3 is 2. The van der Waals surface area contributed by atoms with Gasteiger partial charge in [-0.25, -0.2) is 19.4 Å². The van der Waals surface area contributed by atoms with E-state index in [1.807, 2.05) is 0 Å². The van der Waals surface area contributed by atoms with E-state index in [0.29, 0.717) is 5.88 Å². The fraction of sp³-hybridized carbons (Fsp3) is 0.308. The zero-order valence-electron chi connectivity index (χ0n) is 21.0. The van der Waals surface area contributed by atoms with Crippen LogP contribution in [0.15, 0.2) is 65.1 Å². The predicted molar refractivity (Wildman–Crippen MR) is 127 cm³/mol. The topological polar surface area (TPSA) is 113 Å². The van der Waals surface area contributed by atoms with E-state index >= 15 is 0 Å². The molecular formula is C26H25F3N2O7. The van der Waals surface area contributed by atoms with Gasteiger partial charge in [-0.1, -0.05) is 18.2 Å². The first kappa shape index (κ1) is 28.2. The van der Waals surface area contributed by atoms with Gasteiger partial charge < -0.3 is 24.3 Å². The summed E-state index contributed by atoms with van der Waals surface area (Å²) in [5.74, 6) is -3.75. The highest BCUT2D eigenvalue weighted by atomic mass is 19.4. The Labute approximate surface area is 216 Å². The molecule has 0 aliphatic carbocycles. The van der Waals surface area contributed by atoms with Crippen LogP contribution in [-0.2, 0) is 30.0 Å². The molecule has 1 unspecified atom stereocenters. The lowest BCUT2D eigenvalue weighted by atomic mass is 9.78. The van der Waals surface area contributed by atoms with E-state index in [-0.39, 0.29) is 40.3 Å². The molecule has 3 rings (SSSR count). The van der Waals surface area contributed by atoms with Gasteiger partial charge in [-0.2, -0.15) is 13.2 Å². The molecule has 1 aromatic carbocycles. The average Bonchev–Trinajstić information content (AvgIpc) is 2.89. The second-order valence-electron chi connectivity index (χ2n) is 8.07. The summed E-state index contributed by atoms with van der Waals surface area (Å²) in [6, 6.07) is 7.56. The van der Waals surface area contributed by atoms with Crippen LogP contribution in [0.2, 0.25) is 0 Å². The number of nitrogens with zero attached hydrogens (tertiary/aromatic N) is 1. The Hall–Kier alpha value is -4.35. The number of hydrogen-bond donors (Lipinski definition) is 1. The minimum atomic E-state index is -4.76. The van der Waals surface area contributed by atoms with Crippen molar-refractivity contribution < 1.29 is 46.5 Å². The number of aromatic nitrogens is 1. The molecule has 38 heavy (non-hydrogen) atoms. The van der Waals surface area contributed by atoms with Gasteiger partial charge in [-0.05, 0) is 31.5 Å². The van der Waals surface area contributed by atoms with Crippen LogP contribution in [0.1, 0.15) is 41.3 Å². The molecule has 2 aromatic rings. The largest absolute Gasteiger partial charge is 0.481 e. The molecule has 1 aromatic heterocycles. The highest BCUT2D eigenvalue weighted by Gasteiger charge is 2.43. The molecule has 0 fully saturated rings. The number of rotatable bonds is 8. The van der Waals surface area contributed by atoms with Crippen molar-refractivity contribution in [2.45, 2.75) is 25.9 Å². The van der Waals surface area contributed by atoms with Gasteiger partial charge in [-0.3, -0.25) is 0 Å². The number of dihydropyridines is 1. The molecule has 2 heterocycles. The maximum absolute atomic E-state index is 13.9. The Morgan fingerprint density at radius 1 is 0.895 bits per heavy atom. The lowest BCUT2D eigenvalue weighted by Gasteiger charge is -2.31. The maximum Gasteiger partial charge on any atom is 0.416 e. The quantitative estimate of drug-likeness (QED) is 0.306. The lowest BCUT2D eigenvalue weighted by molar-refractivity contribution is -0.142. The first-order chi connectivity index (χ1) is 18.0. The molecule has 0 bridgehead atoms. The average molecular weight is 534 g/mol. The van der Waals surface area contributed by atoms with Crippen LogP contribution < -0.4 is 10.1 Å². The van der Waals surface area contributed by atoms with E-state index in [1.54, 1.807) is 0 Å². The van der Waals surface area contributed by atoms with E-state index in [4.69, 9.17) is 18.9 Å². The van der Waals surface area contributed by atoms with E-state index < -0.39 is 42.2 Å². The number of ether oxygens (including phenoxy) is 4. The van der Waals surface area contributed by atoms with E-state index in [0.717, 1.165) is 13.2 Å². The van der Waals surface area contributed by atoms with Crippen molar-refractivity contribution in [3.05, 3.63) is 81.8 Å². The number of alkyl halides is 3. The summed E-state index contributed by atoms with van der Waals surface area (Å²) < 4.78 is 61.8. The van der Waals surface area contributed by atoms with Crippen molar-refractivity contribution in [3.63, 3.8) is 0 Å². The van der Waals surface area contributed by atoms with E-state index in [2.05, 4.69) is 10.3 Å². The molecule has 0 radical (unpaired) electrons. The SMILES string of the molecule is COC(=O)C1=C(C)NC(C)=C(C(=O)OCCOC(=O)c2ccc(OC)nc2)C1c1ccccc1C(F)(F)F. The molecular weight excluding hydrogens is 509 g/mol. The summed E-state index contributed by atoms with van der Waals surface area (Å²) in [4.78, 5) is 41.9. The van der Waals surface area contributed by atoms with Crippen molar-refractivity contribution in [1.29, 1.82) is 0 Å². The fourth-order valence-corrected chi connectivity index (χ4v) is 4.01. The second-order valence-corrected chi connectivity index (χ2v) is 8.07. The summed E-state index contributed by atoms with van der Waals surface area (Å²) in [7, 11) is 2.51. The van der Waals surface area contributed by atoms with E-state index in [1.165, 1.54) is 57.5 Å². The normalized spacial score (nSPS) is 15.5. The second kappa shape index (κ2) is 11.8. The van der Waals surface area contributed by atoms with Crippen LogP contribution in [0.25, 0.3) is 0 Å². The van der Waals surface area contributed by atoms with Gasteiger partial charge in [0.05, 0.1) is 42.4 Å². The van der Waals surface area contributed by atoms with Crippen LogP contribution in [0, 0.1) is 0 Å². The van der Waals surface area contributed by atoms with Crippen molar-refractivity contribution in [1.82, 2.24) is 10.3 Å². The number of esters is 3. The molecule has 1 aliphatic heterocycles. The number of carbonyl (C=O) groups is 3. The maximum atomic E-state index is 13.9. The van der Waals surface area contributed by atoms with E-state index in [9.17, 15) is 27.6 Å². The molecule has 0 saturated heterocycles. The number of hydrogen-bond acceptors (Lipinski definition) is 9. The highest BCUT2D eigenvalue weighted by Crippen LogP contribution is 2.44. The van der Waals surface area contributed by atoms with Crippen molar-refractivity contribution in [3.8, 4) is 5.88 Å². The molecule has 0 saturated carbocycles. The van der Waals surface area contributed by atoms with Crippen LogP contribution in [-0.4, -0.2) is 50.3 Å². The van der Waals surface area contributed by atoms with Gasteiger partial charge in [0, 0.05) is 23.7 Å². The first-order valence-electron chi connectivity index (χ1n) is 11.3. The van der Waals surface area contributed by atoms with Crippen LogP contribution >= 0.6 is 0 Å². The minimum Gasteiger partial charge on any atom is -0.481 e. The summed E-state index contributed by atoms with van der Waals surface area (Å²) in [5, 5.41) is 2.85. The van der Waals surface area contributed by atoms with Crippen molar-refractivity contribution in [2.24, 2.45) is 0 Å². The highest BCUT2D eigenvalue weighted by molar-refractivity contribution is 6.00. The summed E-state index contributed by atoms with van der Waals surface area (Å²) in [6.45, 7) is 2.25.